The molecule has 0 aliphatic carbocycles. The predicted molar refractivity (Wildman–Crippen MR) is 83.6 cm³/mol. The van der Waals surface area contributed by atoms with Crippen molar-refractivity contribution in [2.24, 2.45) is 0 Å². The van der Waals surface area contributed by atoms with Crippen molar-refractivity contribution in [1.82, 2.24) is 10.3 Å². The second kappa shape index (κ2) is 5.95. The van der Waals surface area contributed by atoms with E-state index in [1.165, 1.54) is 12.3 Å². The summed E-state index contributed by atoms with van der Waals surface area (Å²) in [6.45, 7) is 6.36. The minimum atomic E-state index is -0.347. The number of hydrogen-bond acceptors (Lipinski definition) is 2. The highest BCUT2D eigenvalue weighted by Crippen LogP contribution is 2.21. The molecule has 0 bridgehead atoms. The van der Waals surface area contributed by atoms with Crippen LogP contribution in [0.3, 0.4) is 0 Å². The zero-order valence-electron chi connectivity index (χ0n) is 12.6. The van der Waals surface area contributed by atoms with Gasteiger partial charge in [0.25, 0.3) is 5.91 Å². The Morgan fingerprint density at radius 1 is 1.24 bits per heavy atom. The molecule has 2 N–H and O–H groups in total. The molecule has 2 rings (SSSR count). The zero-order valence-corrected chi connectivity index (χ0v) is 12.6. The van der Waals surface area contributed by atoms with Gasteiger partial charge in [-0.1, -0.05) is 44.2 Å². The third-order valence-corrected chi connectivity index (χ3v) is 3.55. The maximum absolute atomic E-state index is 12.1. The van der Waals surface area contributed by atoms with E-state index in [1.54, 1.807) is 6.92 Å². The van der Waals surface area contributed by atoms with Gasteiger partial charge in [-0.15, -0.1) is 0 Å². The molecule has 4 nitrogen and oxygen atoms in total. The molecule has 0 atom stereocenters. The van der Waals surface area contributed by atoms with Crippen LogP contribution in [0, 0.1) is 6.92 Å². The topological polar surface area (TPSA) is 62.0 Å². The van der Waals surface area contributed by atoms with Crippen LogP contribution in [0.1, 0.15) is 35.5 Å². The van der Waals surface area contributed by atoms with Crippen LogP contribution in [-0.2, 0) is 5.41 Å². The number of carbonyl (C=O) groups is 1. The molecule has 0 spiro atoms. The minimum Gasteiger partial charge on any atom is -0.364 e. The van der Waals surface area contributed by atoms with Gasteiger partial charge in [0.2, 0.25) is 0 Å². The van der Waals surface area contributed by atoms with Crippen LogP contribution in [0.2, 0.25) is 0 Å². The van der Waals surface area contributed by atoms with Gasteiger partial charge in [0.15, 0.2) is 5.43 Å². The van der Waals surface area contributed by atoms with E-state index in [1.807, 2.05) is 30.3 Å². The molecule has 21 heavy (non-hydrogen) atoms. The molecule has 1 heterocycles. The normalized spacial score (nSPS) is 11.2. The number of nitrogens with one attached hydrogen (secondary N) is 2. The van der Waals surface area contributed by atoms with Crippen LogP contribution in [0.25, 0.3) is 0 Å². The molecule has 0 radical (unpaired) electrons. The van der Waals surface area contributed by atoms with Gasteiger partial charge in [-0.2, -0.15) is 0 Å². The van der Waals surface area contributed by atoms with E-state index in [0.29, 0.717) is 6.54 Å². The molecule has 4 heteroatoms. The molecule has 0 saturated heterocycles. The van der Waals surface area contributed by atoms with Crippen LogP contribution >= 0.6 is 0 Å². The molecule has 1 amide bonds. The molecule has 1 aromatic carbocycles. The highest BCUT2D eigenvalue weighted by atomic mass is 16.2. The van der Waals surface area contributed by atoms with Gasteiger partial charge in [0.1, 0.15) is 5.56 Å². The Labute approximate surface area is 124 Å². The maximum Gasteiger partial charge on any atom is 0.256 e. The van der Waals surface area contributed by atoms with Crippen LogP contribution in [-0.4, -0.2) is 17.4 Å². The van der Waals surface area contributed by atoms with Gasteiger partial charge in [-0.25, -0.2) is 0 Å². The van der Waals surface area contributed by atoms with Crippen LogP contribution in [0.15, 0.2) is 47.4 Å². The van der Waals surface area contributed by atoms with Crippen molar-refractivity contribution in [3.05, 3.63) is 69.6 Å². The summed E-state index contributed by atoms with van der Waals surface area (Å²) in [5, 5.41) is 2.84. The fourth-order valence-corrected chi connectivity index (χ4v) is 2.14. The lowest BCUT2D eigenvalue weighted by molar-refractivity contribution is 0.0944. The quantitative estimate of drug-likeness (QED) is 0.905. The first-order valence-corrected chi connectivity index (χ1v) is 6.93. The highest BCUT2D eigenvalue weighted by Gasteiger charge is 2.22. The number of H-pyrrole nitrogens is 1. The molecule has 2 aromatic rings. The van der Waals surface area contributed by atoms with Crippen molar-refractivity contribution in [2.45, 2.75) is 26.2 Å². The fraction of sp³-hybridized carbons (Fsp3) is 0.294. The third kappa shape index (κ3) is 3.60. The summed E-state index contributed by atoms with van der Waals surface area (Å²) >= 11 is 0. The lowest BCUT2D eigenvalue weighted by atomic mass is 9.84. The van der Waals surface area contributed by atoms with Gasteiger partial charge < -0.3 is 10.3 Å². The number of aryl methyl sites for hydroxylation is 1. The number of aromatic amines is 1. The van der Waals surface area contributed by atoms with E-state index in [-0.39, 0.29) is 22.3 Å². The summed E-state index contributed by atoms with van der Waals surface area (Å²) in [6, 6.07) is 11.4. The number of amides is 1. The number of pyridine rings is 1. The Morgan fingerprint density at radius 2 is 1.90 bits per heavy atom. The van der Waals surface area contributed by atoms with Gasteiger partial charge >= 0.3 is 0 Å². The molecular formula is C17H20N2O2. The Bertz CT molecular complexity index is 687. The van der Waals surface area contributed by atoms with Crippen LogP contribution < -0.4 is 10.7 Å². The van der Waals surface area contributed by atoms with Crippen molar-refractivity contribution in [3.8, 4) is 0 Å². The predicted octanol–water partition coefficient (Wildman–Crippen LogP) is 2.39. The lowest BCUT2D eigenvalue weighted by Crippen LogP contribution is -2.38. The zero-order chi connectivity index (χ0) is 15.5. The largest absolute Gasteiger partial charge is 0.364 e. The van der Waals surface area contributed by atoms with Crippen molar-refractivity contribution >= 4 is 5.91 Å². The average molecular weight is 284 g/mol. The molecule has 0 aliphatic rings. The van der Waals surface area contributed by atoms with Gasteiger partial charge in [0, 0.05) is 29.9 Å². The summed E-state index contributed by atoms with van der Waals surface area (Å²) in [5.41, 5.74) is 1.56. The molecule has 0 saturated carbocycles. The van der Waals surface area contributed by atoms with E-state index in [2.05, 4.69) is 24.1 Å². The average Bonchev–Trinajstić information content (AvgIpc) is 2.46. The lowest BCUT2D eigenvalue weighted by Gasteiger charge is -2.25. The first-order chi connectivity index (χ1) is 9.90. The maximum atomic E-state index is 12.1. The Morgan fingerprint density at radius 3 is 2.52 bits per heavy atom. The summed E-state index contributed by atoms with van der Waals surface area (Å²) in [6.07, 6.45) is 1.46. The summed E-state index contributed by atoms with van der Waals surface area (Å²) in [4.78, 5) is 26.8. The summed E-state index contributed by atoms with van der Waals surface area (Å²) in [5.74, 6) is -0.347. The van der Waals surface area contributed by atoms with Crippen molar-refractivity contribution < 1.29 is 4.79 Å². The first-order valence-electron chi connectivity index (χ1n) is 6.93. The van der Waals surface area contributed by atoms with E-state index >= 15 is 0 Å². The summed E-state index contributed by atoms with van der Waals surface area (Å²) in [7, 11) is 0. The van der Waals surface area contributed by atoms with E-state index < -0.39 is 0 Å². The van der Waals surface area contributed by atoms with Gasteiger partial charge in [0.05, 0.1) is 0 Å². The van der Waals surface area contributed by atoms with Gasteiger partial charge in [-0.3, -0.25) is 9.59 Å². The van der Waals surface area contributed by atoms with E-state index in [0.717, 1.165) is 11.3 Å². The Kier molecular flexibility index (Phi) is 4.26. The molecular weight excluding hydrogens is 264 g/mol. The summed E-state index contributed by atoms with van der Waals surface area (Å²) < 4.78 is 0. The Balaban J connectivity index is 2.09. The second-order valence-electron chi connectivity index (χ2n) is 5.83. The molecule has 0 aliphatic heterocycles. The number of hydrogen-bond donors (Lipinski definition) is 2. The van der Waals surface area contributed by atoms with Crippen LogP contribution in [0.5, 0.6) is 0 Å². The number of carbonyl (C=O) groups excluding carboxylic acids is 1. The second-order valence-corrected chi connectivity index (χ2v) is 5.83. The fourth-order valence-electron chi connectivity index (χ4n) is 2.14. The van der Waals surface area contributed by atoms with Crippen molar-refractivity contribution in [3.63, 3.8) is 0 Å². The number of aromatic nitrogens is 1. The van der Waals surface area contributed by atoms with Crippen LogP contribution in [0.4, 0.5) is 0 Å². The number of benzene rings is 1. The van der Waals surface area contributed by atoms with Gasteiger partial charge in [-0.05, 0) is 12.5 Å². The van der Waals surface area contributed by atoms with Crippen molar-refractivity contribution in [1.29, 1.82) is 0 Å². The van der Waals surface area contributed by atoms with E-state index in [9.17, 15) is 9.59 Å². The first kappa shape index (κ1) is 15.0. The molecule has 0 fully saturated rings. The Hall–Kier alpha value is -2.36. The third-order valence-electron chi connectivity index (χ3n) is 3.55. The molecule has 110 valence electrons. The minimum absolute atomic E-state index is 0.143. The highest BCUT2D eigenvalue weighted by molar-refractivity contribution is 5.93. The monoisotopic (exact) mass is 284 g/mol. The smallest absolute Gasteiger partial charge is 0.256 e. The van der Waals surface area contributed by atoms with Crippen molar-refractivity contribution in [2.75, 3.05) is 6.54 Å². The standard InChI is InChI=1S/C17H20N2O2/c1-12-9-15(20)14(10-18-12)16(21)19-11-17(2,3)13-7-5-4-6-8-13/h4-10H,11H2,1-3H3,(H,18,20)(H,19,21). The number of rotatable bonds is 4. The SMILES string of the molecule is Cc1cc(=O)c(C(=O)NCC(C)(C)c2ccccc2)c[nH]1. The molecule has 0 unspecified atom stereocenters. The molecule has 1 aromatic heterocycles. The van der Waals surface area contributed by atoms with E-state index in [4.69, 9.17) is 0 Å².